The minimum absolute atomic E-state index is 0.00672. The van der Waals surface area contributed by atoms with E-state index < -0.39 is 15.9 Å². The first-order valence-electron chi connectivity index (χ1n) is 8.49. The van der Waals surface area contributed by atoms with Crippen LogP contribution in [0.25, 0.3) is 6.08 Å². The van der Waals surface area contributed by atoms with Gasteiger partial charge in [0.2, 0.25) is 10.0 Å². The van der Waals surface area contributed by atoms with E-state index in [4.69, 9.17) is 4.74 Å². The maximum Gasteiger partial charge on any atom is 0.262 e. The maximum absolute atomic E-state index is 12.2. The fraction of sp³-hybridized carbons (Fsp3) is 0.200. The van der Waals surface area contributed by atoms with Gasteiger partial charge in [0.05, 0.1) is 11.5 Å². The zero-order valence-electron chi connectivity index (χ0n) is 15.4. The quantitative estimate of drug-likeness (QED) is 0.380. The maximum atomic E-state index is 12.2. The summed E-state index contributed by atoms with van der Waals surface area (Å²) in [4.78, 5) is 12.3. The SMILES string of the molecule is COCCNS(=O)(=O)c1ccc(CNC(=O)/C(C#N)=C/c2ccccc2)cc1. The molecule has 0 fully saturated rings. The standard InChI is InChI=1S/C20H21N3O4S/c1-27-12-11-23-28(25,26)19-9-7-17(8-10-19)15-22-20(24)18(14-21)13-16-5-3-2-4-6-16/h2-10,13,23H,11-12,15H2,1H3,(H,22,24)/b18-13+. The average Bonchev–Trinajstić information content (AvgIpc) is 2.71. The highest BCUT2D eigenvalue weighted by Gasteiger charge is 2.13. The number of hydrogen-bond acceptors (Lipinski definition) is 5. The topological polar surface area (TPSA) is 108 Å². The minimum Gasteiger partial charge on any atom is -0.383 e. The van der Waals surface area contributed by atoms with Crippen LogP contribution in [-0.2, 0) is 26.1 Å². The molecule has 1 amide bonds. The van der Waals surface area contributed by atoms with Crippen molar-refractivity contribution in [2.45, 2.75) is 11.4 Å². The number of benzene rings is 2. The Bertz CT molecular complexity index is 963. The van der Waals surface area contributed by atoms with Gasteiger partial charge in [-0.25, -0.2) is 13.1 Å². The number of carbonyl (C=O) groups is 1. The van der Waals surface area contributed by atoms with Crippen LogP contribution in [-0.4, -0.2) is 34.6 Å². The fourth-order valence-electron chi connectivity index (χ4n) is 2.29. The molecule has 7 nitrogen and oxygen atoms in total. The summed E-state index contributed by atoms with van der Waals surface area (Å²) in [5.74, 6) is -0.496. The summed E-state index contributed by atoms with van der Waals surface area (Å²) in [6.45, 7) is 0.631. The van der Waals surface area contributed by atoms with E-state index >= 15 is 0 Å². The third kappa shape index (κ3) is 6.32. The summed E-state index contributed by atoms with van der Waals surface area (Å²) < 4.78 is 31.5. The summed E-state index contributed by atoms with van der Waals surface area (Å²) in [6.07, 6.45) is 1.51. The Morgan fingerprint density at radius 3 is 2.43 bits per heavy atom. The number of nitriles is 1. The Hall–Kier alpha value is -2.99. The molecule has 0 radical (unpaired) electrons. The van der Waals surface area contributed by atoms with Crippen molar-refractivity contribution in [2.75, 3.05) is 20.3 Å². The number of rotatable bonds is 9. The number of nitrogens with zero attached hydrogens (tertiary/aromatic N) is 1. The summed E-state index contributed by atoms with van der Waals surface area (Å²) >= 11 is 0. The van der Waals surface area contributed by atoms with Crippen LogP contribution in [0.5, 0.6) is 0 Å². The molecule has 0 atom stereocenters. The molecule has 2 rings (SSSR count). The number of sulfonamides is 1. The van der Waals surface area contributed by atoms with Gasteiger partial charge >= 0.3 is 0 Å². The van der Waals surface area contributed by atoms with Gasteiger partial charge in [0.25, 0.3) is 5.91 Å². The van der Waals surface area contributed by atoms with Crippen molar-refractivity contribution >= 4 is 22.0 Å². The Morgan fingerprint density at radius 1 is 1.14 bits per heavy atom. The predicted octanol–water partition coefficient (Wildman–Crippen LogP) is 1.83. The van der Waals surface area contributed by atoms with Crippen molar-refractivity contribution < 1.29 is 17.9 Å². The van der Waals surface area contributed by atoms with Crippen LogP contribution in [0.2, 0.25) is 0 Å². The lowest BCUT2D eigenvalue weighted by atomic mass is 10.1. The van der Waals surface area contributed by atoms with Crippen LogP contribution in [0.4, 0.5) is 0 Å². The second-order valence-electron chi connectivity index (χ2n) is 5.80. The highest BCUT2D eigenvalue weighted by atomic mass is 32.2. The number of ether oxygens (including phenoxy) is 1. The van der Waals surface area contributed by atoms with Crippen LogP contribution in [0.1, 0.15) is 11.1 Å². The monoisotopic (exact) mass is 399 g/mol. The molecule has 8 heteroatoms. The predicted molar refractivity (Wildman–Crippen MR) is 105 cm³/mol. The van der Waals surface area contributed by atoms with Gasteiger partial charge in [0.15, 0.2) is 0 Å². The highest BCUT2D eigenvalue weighted by molar-refractivity contribution is 7.89. The number of carbonyl (C=O) groups excluding carboxylic acids is 1. The van der Waals surface area contributed by atoms with Crippen molar-refractivity contribution in [3.8, 4) is 6.07 Å². The van der Waals surface area contributed by atoms with Crippen molar-refractivity contribution in [1.82, 2.24) is 10.0 Å². The van der Waals surface area contributed by atoms with E-state index in [9.17, 15) is 18.5 Å². The summed E-state index contributed by atoms with van der Waals surface area (Å²) in [6, 6.07) is 17.1. The molecule has 2 aromatic rings. The van der Waals surface area contributed by atoms with Gasteiger partial charge < -0.3 is 10.1 Å². The van der Waals surface area contributed by atoms with E-state index in [1.165, 1.54) is 25.3 Å². The van der Waals surface area contributed by atoms with E-state index in [0.29, 0.717) is 5.56 Å². The Balaban J connectivity index is 1.98. The molecule has 0 heterocycles. The molecular formula is C20H21N3O4S. The van der Waals surface area contributed by atoms with Gasteiger partial charge in [-0.15, -0.1) is 0 Å². The molecule has 0 spiro atoms. The molecule has 0 aromatic heterocycles. The molecule has 2 aromatic carbocycles. The second kappa shape index (κ2) is 10.4. The average molecular weight is 399 g/mol. The van der Waals surface area contributed by atoms with E-state index in [1.54, 1.807) is 24.3 Å². The van der Waals surface area contributed by atoms with E-state index in [1.807, 2.05) is 24.3 Å². The number of methoxy groups -OCH3 is 1. The van der Waals surface area contributed by atoms with Crippen LogP contribution >= 0.6 is 0 Å². The molecule has 0 saturated carbocycles. The molecule has 2 N–H and O–H groups in total. The molecule has 0 bridgehead atoms. The lowest BCUT2D eigenvalue weighted by Gasteiger charge is -2.08. The first-order valence-corrected chi connectivity index (χ1v) is 9.97. The molecule has 0 unspecified atom stereocenters. The van der Waals surface area contributed by atoms with Crippen molar-refractivity contribution in [2.24, 2.45) is 0 Å². The van der Waals surface area contributed by atoms with Crippen molar-refractivity contribution in [1.29, 1.82) is 5.26 Å². The third-order valence-corrected chi connectivity index (χ3v) is 5.24. The van der Waals surface area contributed by atoms with Crippen LogP contribution in [0, 0.1) is 11.3 Å². The highest BCUT2D eigenvalue weighted by Crippen LogP contribution is 2.11. The molecule has 0 aliphatic heterocycles. The van der Waals surface area contributed by atoms with Gasteiger partial charge in [-0.1, -0.05) is 42.5 Å². The molecule has 28 heavy (non-hydrogen) atoms. The van der Waals surface area contributed by atoms with Crippen molar-refractivity contribution in [3.05, 3.63) is 71.3 Å². The summed E-state index contributed by atoms with van der Waals surface area (Å²) in [5, 5.41) is 11.9. The molecule has 0 aliphatic rings. The van der Waals surface area contributed by atoms with Gasteiger partial charge in [-0.05, 0) is 29.3 Å². The van der Waals surface area contributed by atoms with Gasteiger partial charge in [-0.2, -0.15) is 5.26 Å². The van der Waals surface area contributed by atoms with Crippen LogP contribution < -0.4 is 10.0 Å². The zero-order chi connectivity index (χ0) is 20.4. The lowest BCUT2D eigenvalue weighted by Crippen LogP contribution is -2.27. The Morgan fingerprint density at radius 2 is 1.82 bits per heavy atom. The summed E-state index contributed by atoms with van der Waals surface area (Å²) in [7, 11) is -2.11. The zero-order valence-corrected chi connectivity index (χ0v) is 16.2. The van der Waals surface area contributed by atoms with E-state index in [2.05, 4.69) is 10.0 Å². The number of nitrogens with one attached hydrogen (secondary N) is 2. The Labute approximate surface area is 164 Å². The third-order valence-electron chi connectivity index (χ3n) is 3.76. The first-order chi connectivity index (χ1) is 13.5. The van der Waals surface area contributed by atoms with Gasteiger partial charge in [0, 0.05) is 20.2 Å². The summed E-state index contributed by atoms with van der Waals surface area (Å²) in [5.41, 5.74) is 1.46. The number of amides is 1. The number of hydrogen-bond donors (Lipinski definition) is 2. The molecular weight excluding hydrogens is 378 g/mol. The molecule has 146 valence electrons. The fourth-order valence-corrected chi connectivity index (χ4v) is 3.30. The van der Waals surface area contributed by atoms with Crippen LogP contribution in [0.15, 0.2) is 65.1 Å². The van der Waals surface area contributed by atoms with Gasteiger partial charge in [-0.3, -0.25) is 4.79 Å². The second-order valence-corrected chi connectivity index (χ2v) is 7.56. The van der Waals surface area contributed by atoms with Crippen molar-refractivity contribution in [3.63, 3.8) is 0 Å². The largest absolute Gasteiger partial charge is 0.383 e. The molecule has 0 saturated heterocycles. The van der Waals surface area contributed by atoms with E-state index in [-0.39, 0.29) is 30.2 Å². The molecule has 0 aliphatic carbocycles. The Kier molecular flexibility index (Phi) is 7.89. The normalized spacial score (nSPS) is 11.6. The van der Waals surface area contributed by atoms with E-state index in [0.717, 1.165) is 5.56 Å². The van der Waals surface area contributed by atoms with Gasteiger partial charge in [0.1, 0.15) is 11.6 Å². The smallest absolute Gasteiger partial charge is 0.262 e. The lowest BCUT2D eigenvalue weighted by molar-refractivity contribution is -0.117. The van der Waals surface area contributed by atoms with Crippen LogP contribution in [0.3, 0.4) is 0 Å². The minimum atomic E-state index is -3.60. The first kappa shape index (κ1) is 21.3.